The third-order valence-corrected chi connectivity index (χ3v) is 3.96. The van der Waals surface area contributed by atoms with E-state index in [4.69, 9.17) is 14.9 Å². The number of carbonyl (C=O) groups excluding carboxylic acids is 1. The van der Waals surface area contributed by atoms with Crippen molar-refractivity contribution in [1.29, 1.82) is 0 Å². The molecule has 142 valence electrons. The summed E-state index contributed by atoms with van der Waals surface area (Å²) in [5.41, 5.74) is 0. The molecule has 1 unspecified atom stereocenters. The molecule has 0 radical (unpaired) electrons. The molecule has 0 rings (SSSR count). The predicted molar refractivity (Wildman–Crippen MR) is 93.9 cm³/mol. The van der Waals surface area contributed by atoms with Gasteiger partial charge in [0.2, 0.25) is 0 Å². The number of ether oxygens (including phenoxy) is 1. The van der Waals surface area contributed by atoms with Crippen LogP contribution in [0.3, 0.4) is 0 Å². The van der Waals surface area contributed by atoms with Crippen molar-refractivity contribution in [3.8, 4) is 0 Å². The lowest BCUT2D eigenvalue weighted by molar-refractivity contribution is -0.145. The smallest absolute Gasteiger partial charge is 0.323 e. The van der Waals surface area contributed by atoms with Crippen molar-refractivity contribution in [3.05, 3.63) is 0 Å². The molecule has 0 aliphatic rings. The van der Waals surface area contributed by atoms with E-state index < -0.39 is 18.6 Å². The van der Waals surface area contributed by atoms with Crippen LogP contribution < -0.4 is 5.32 Å². The third-order valence-electron chi connectivity index (χ3n) is 3.96. The van der Waals surface area contributed by atoms with Crippen molar-refractivity contribution < 1.29 is 24.5 Å². The highest BCUT2D eigenvalue weighted by atomic mass is 16.5. The highest BCUT2D eigenvalue weighted by Gasteiger charge is 2.15. The monoisotopic (exact) mass is 345 g/mol. The molecule has 24 heavy (non-hydrogen) atoms. The first-order valence-corrected chi connectivity index (χ1v) is 9.34. The summed E-state index contributed by atoms with van der Waals surface area (Å²) in [5.74, 6) is -1.46. The number of hydrogen-bond donors (Lipinski definition) is 3. The number of unbranched alkanes of at least 4 members (excludes halogenated alkanes) is 9. The Kier molecular flexibility index (Phi) is 15.9. The van der Waals surface area contributed by atoms with E-state index in [-0.39, 0.29) is 18.9 Å². The molecule has 0 saturated carbocycles. The Hall–Kier alpha value is -1.14. The largest absolute Gasteiger partial charge is 0.480 e. The molecular formula is C18H35NO5. The fraction of sp³-hybridized carbons (Fsp3) is 0.889. The highest BCUT2D eigenvalue weighted by molar-refractivity contribution is 5.74. The van der Waals surface area contributed by atoms with Crippen molar-refractivity contribution in [3.63, 3.8) is 0 Å². The minimum absolute atomic E-state index is 0.113. The molecule has 0 aromatic heterocycles. The number of esters is 1. The van der Waals surface area contributed by atoms with Gasteiger partial charge in [0.25, 0.3) is 0 Å². The van der Waals surface area contributed by atoms with Crippen LogP contribution in [0.5, 0.6) is 0 Å². The number of rotatable bonds is 17. The maximum atomic E-state index is 11.5. The fourth-order valence-electron chi connectivity index (χ4n) is 2.43. The van der Waals surface area contributed by atoms with E-state index in [1.165, 1.54) is 51.4 Å². The number of aliphatic hydroxyl groups excluding tert-OH is 1. The van der Waals surface area contributed by atoms with E-state index >= 15 is 0 Å². The number of aliphatic carboxylic acids is 1. The number of hydrogen-bond acceptors (Lipinski definition) is 5. The second kappa shape index (κ2) is 16.7. The van der Waals surface area contributed by atoms with Gasteiger partial charge in [-0.2, -0.15) is 0 Å². The summed E-state index contributed by atoms with van der Waals surface area (Å²) in [6, 6.07) is -1.03. The molecule has 0 aliphatic carbocycles. The zero-order valence-electron chi connectivity index (χ0n) is 15.1. The van der Waals surface area contributed by atoms with Gasteiger partial charge in [0.15, 0.2) is 0 Å². The molecule has 0 saturated heterocycles. The molecule has 6 nitrogen and oxygen atoms in total. The lowest BCUT2D eigenvalue weighted by Gasteiger charge is -2.11. The molecule has 3 N–H and O–H groups in total. The molecule has 0 spiro atoms. The SMILES string of the molecule is CCCCCCCCCCCCOC(=O)CCNC(CO)C(=O)O. The van der Waals surface area contributed by atoms with Gasteiger partial charge < -0.3 is 20.3 Å². The van der Waals surface area contributed by atoms with Crippen molar-refractivity contribution in [2.75, 3.05) is 19.8 Å². The van der Waals surface area contributed by atoms with E-state index in [1.807, 2.05) is 0 Å². The fourth-order valence-corrected chi connectivity index (χ4v) is 2.43. The minimum atomic E-state index is -1.13. The van der Waals surface area contributed by atoms with Gasteiger partial charge in [-0.05, 0) is 6.42 Å². The summed E-state index contributed by atoms with van der Waals surface area (Å²) in [5, 5.41) is 20.1. The lowest BCUT2D eigenvalue weighted by Crippen LogP contribution is -2.40. The normalized spacial score (nSPS) is 12.1. The van der Waals surface area contributed by atoms with Crippen LogP contribution in [0.4, 0.5) is 0 Å². The quantitative estimate of drug-likeness (QED) is 0.277. The summed E-state index contributed by atoms with van der Waals surface area (Å²) >= 11 is 0. The maximum absolute atomic E-state index is 11.5. The summed E-state index contributed by atoms with van der Waals surface area (Å²) in [4.78, 5) is 22.1. The molecule has 0 aliphatic heterocycles. The summed E-state index contributed by atoms with van der Waals surface area (Å²) in [7, 11) is 0. The first-order valence-electron chi connectivity index (χ1n) is 9.34. The highest BCUT2D eigenvalue weighted by Crippen LogP contribution is 2.10. The Morgan fingerprint density at radius 3 is 2.00 bits per heavy atom. The topological polar surface area (TPSA) is 95.9 Å². The Morgan fingerprint density at radius 2 is 1.50 bits per heavy atom. The Balaban J connectivity index is 3.33. The van der Waals surface area contributed by atoms with Crippen LogP contribution in [0, 0.1) is 0 Å². The van der Waals surface area contributed by atoms with E-state index in [0.717, 1.165) is 12.8 Å². The number of aliphatic hydroxyl groups is 1. The lowest BCUT2D eigenvalue weighted by atomic mass is 10.1. The van der Waals surface area contributed by atoms with Crippen molar-refractivity contribution in [2.24, 2.45) is 0 Å². The number of carboxylic acids is 1. The van der Waals surface area contributed by atoms with Gasteiger partial charge in [-0.15, -0.1) is 0 Å². The maximum Gasteiger partial charge on any atom is 0.323 e. The summed E-state index contributed by atoms with van der Waals surface area (Å²) in [6.45, 7) is 2.35. The second-order valence-electron chi connectivity index (χ2n) is 6.18. The van der Waals surface area contributed by atoms with Crippen LogP contribution in [0.2, 0.25) is 0 Å². The molecule has 0 amide bonds. The second-order valence-corrected chi connectivity index (χ2v) is 6.18. The van der Waals surface area contributed by atoms with E-state index in [1.54, 1.807) is 0 Å². The first kappa shape index (κ1) is 22.9. The predicted octanol–water partition coefficient (Wildman–Crippen LogP) is 2.88. The molecule has 0 bridgehead atoms. The third kappa shape index (κ3) is 14.5. The molecule has 6 heteroatoms. The number of carbonyl (C=O) groups is 2. The van der Waals surface area contributed by atoms with Crippen LogP contribution >= 0.6 is 0 Å². The van der Waals surface area contributed by atoms with Gasteiger partial charge in [0.05, 0.1) is 19.6 Å². The Labute approximate surface area is 146 Å². The van der Waals surface area contributed by atoms with E-state index in [9.17, 15) is 9.59 Å². The zero-order valence-corrected chi connectivity index (χ0v) is 15.1. The van der Waals surface area contributed by atoms with E-state index in [0.29, 0.717) is 6.61 Å². The van der Waals surface area contributed by atoms with Gasteiger partial charge in [-0.3, -0.25) is 9.59 Å². The molecule has 0 heterocycles. The van der Waals surface area contributed by atoms with E-state index in [2.05, 4.69) is 12.2 Å². The average molecular weight is 345 g/mol. The van der Waals surface area contributed by atoms with Gasteiger partial charge >= 0.3 is 11.9 Å². The number of carboxylic acid groups (broad SMARTS) is 1. The molecule has 0 fully saturated rings. The zero-order chi connectivity index (χ0) is 18.0. The van der Waals surface area contributed by atoms with Crippen LogP contribution in [0.1, 0.15) is 77.6 Å². The van der Waals surface area contributed by atoms with Crippen LogP contribution in [-0.2, 0) is 14.3 Å². The van der Waals surface area contributed by atoms with Crippen molar-refractivity contribution in [1.82, 2.24) is 5.32 Å². The van der Waals surface area contributed by atoms with Crippen LogP contribution in [0.15, 0.2) is 0 Å². The van der Waals surface area contributed by atoms with Gasteiger partial charge in [-0.1, -0.05) is 64.7 Å². The van der Waals surface area contributed by atoms with Crippen molar-refractivity contribution in [2.45, 2.75) is 83.6 Å². The Bertz CT molecular complexity index is 323. The van der Waals surface area contributed by atoms with Crippen LogP contribution in [-0.4, -0.2) is 48.0 Å². The summed E-state index contributed by atoms with van der Waals surface area (Å²) in [6.07, 6.45) is 12.5. The first-order chi connectivity index (χ1) is 11.6. The molecule has 1 atom stereocenters. The van der Waals surface area contributed by atoms with Gasteiger partial charge in [-0.25, -0.2) is 0 Å². The molecule has 0 aromatic carbocycles. The number of nitrogens with one attached hydrogen (secondary N) is 1. The molecule has 0 aromatic rings. The van der Waals surface area contributed by atoms with Gasteiger partial charge in [0.1, 0.15) is 6.04 Å². The minimum Gasteiger partial charge on any atom is -0.480 e. The Morgan fingerprint density at radius 1 is 0.958 bits per heavy atom. The van der Waals surface area contributed by atoms with Gasteiger partial charge in [0, 0.05) is 6.54 Å². The summed E-state index contributed by atoms with van der Waals surface area (Å²) < 4.78 is 5.10. The standard InChI is InChI=1S/C18H35NO5/c1-2-3-4-5-6-7-8-9-10-11-14-24-17(21)12-13-19-16(15-20)18(22)23/h16,19-20H,2-15H2,1H3,(H,22,23). The molecular weight excluding hydrogens is 310 g/mol. The van der Waals surface area contributed by atoms with Crippen molar-refractivity contribution >= 4 is 11.9 Å². The van der Waals surface area contributed by atoms with Crippen LogP contribution in [0.25, 0.3) is 0 Å². The average Bonchev–Trinajstić information content (AvgIpc) is 2.56.